The number of allylic oxidation sites excluding steroid dienone is 1. The van der Waals surface area contributed by atoms with Crippen LogP contribution < -0.4 is 21.0 Å². The second kappa shape index (κ2) is 14.9. The maximum atomic E-state index is 14.0. The minimum Gasteiger partial charge on any atom is -0.369 e. The van der Waals surface area contributed by atoms with Crippen molar-refractivity contribution < 1.29 is 4.74 Å². The van der Waals surface area contributed by atoms with Gasteiger partial charge in [0.15, 0.2) is 5.43 Å². The second-order valence-electron chi connectivity index (χ2n) is 11.9. The number of nitrogens with zero attached hydrogens (tertiary/aromatic N) is 3. The maximum Gasteiger partial charge on any atom is 0.198 e. The fourth-order valence-electron chi connectivity index (χ4n) is 5.62. The Labute approximate surface area is 252 Å². The number of nitrogens with one attached hydrogen (secondary N) is 2. The Balaban J connectivity index is 0.000000732. The van der Waals surface area contributed by atoms with Crippen LogP contribution in [0.4, 0.5) is 5.69 Å². The molecule has 1 aromatic heterocycles. The number of aryl methyl sites for hydroxylation is 2. The van der Waals surface area contributed by atoms with Gasteiger partial charge in [0.25, 0.3) is 0 Å². The van der Waals surface area contributed by atoms with Gasteiger partial charge in [0.1, 0.15) is 6.23 Å². The van der Waals surface area contributed by atoms with Crippen molar-refractivity contribution in [3.8, 4) is 0 Å². The topological polar surface area (TPSA) is 61.8 Å². The summed E-state index contributed by atoms with van der Waals surface area (Å²) < 4.78 is 7.76. The van der Waals surface area contributed by atoms with E-state index in [-0.39, 0.29) is 11.7 Å². The van der Waals surface area contributed by atoms with E-state index in [2.05, 4.69) is 96.1 Å². The van der Waals surface area contributed by atoms with Crippen LogP contribution in [0.3, 0.4) is 0 Å². The molecular weight excluding hydrogens is 522 g/mol. The van der Waals surface area contributed by atoms with Crippen molar-refractivity contribution in [3.63, 3.8) is 0 Å². The van der Waals surface area contributed by atoms with E-state index in [1.54, 1.807) is 7.11 Å². The highest BCUT2D eigenvalue weighted by molar-refractivity contribution is 5.87. The van der Waals surface area contributed by atoms with Gasteiger partial charge >= 0.3 is 0 Å². The summed E-state index contributed by atoms with van der Waals surface area (Å²) in [6, 6.07) is 13.0. The third-order valence-corrected chi connectivity index (χ3v) is 8.60. The highest BCUT2D eigenvalue weighted by atomic mass is 16.5. The number of pyridine rings is 1. The van der Waals surface area contributed by atoms with Crippen LogP contribution >= 0.6 is 0 Å². The predicted molar refractivity (Wildman–Crippen MR) is 178 cm³/mol. The lowest BCUT2D eigenvalue weighted by molar-refractivity contribution is 0.104. The number of benzene rings is 2. The number of anilines is 1. The molecule has 0 radical (unpaired) electrons. The lowest BCUT2D eigenvalue weighted by atomic mass is 10.0. The Bertz CT molecular complexity index is 1410. The zero-order chi connectivity index (χ0) is 30.2. The molecule has 3 aromatic rings. The molecule has 0 aliphatic carbocycles. The van der Waals surface area contributed by atoms with Gasteiger partial charge in [-0.2, -0.15) is 0 Å². The molecule has 2 saturated heterocycles. The number of hydrogen-bond acceptors (Lipinski definition) is 6. The van der Waals surface area contributed by atoms with E-state index in [1.165, 1.54) is 42.7 Å². The Morgan fingerprint density at radius 3 is 2.29 bits per heavy atom. The molecule has 2 fully saturated rings. The average molecular weight is 574 g/mol. The lowest BCUT2D eigenvalue weighted by Crippen LogP contribution is -2.44. The number of hydrogen-bond donors (Lipinski definition) is 2. The second-order valence-corrected chi connectivity index (χ2v) is 11.9. The summed E-state index contributed by atoms with van der Waals surface area (Å²) in [5.74, 6) is 0. The summed E-state index contributed by atoms with van der Waals surface area (Å²) >= 11 is 0. The molecule has 0 amide bonds. The number of likely N-dealkylation sites (N-methyl/N-ethyl adjacent to an activating group) is 1. The number of fused-ring (bicyclic) bond motifs is 1. The molecular formula is C35H51N5O2. The minimum absolute atomic E-state index is 0.0572. The molecule has 1 unspecified atom stereocenters. The number of piperazine rings is 1. The van der Waals surface area contributed by atoms with E-state index in [0.717, 1.165) is 60.3 Å². The Morgan fingerprint density at radius 1 is 1.05 bits per heavy atom. The molecule has 7 heteroatoms. The normalized spacial score (nSPS) is 17.1. The first-order chi connectivity index (χ1) is 20.2. The van der Waals surface area contributed by atoms with Gasteiger partial charge in [0, 0.05) is 62.8 Å². The average Bonchev–Trinajstić information content (AvgIpc) is 3.59. The summed E-state index contributed by atoms with van der Waals surface area (Å²) in [7, 11) is 3.85. The zero-order valence-electron chi connectivity index (χ0n) is 26.8. The van der Waals surface area contributed by atoms with Crippen molar-refractivity contribution in [1.29, 1.82) is 0 Å². The van der Waals surface area contributed by atoms with E-state index in [0.29, 0.717) is 12.1 Å². The van der Waals surface area contributed by atoms with Gasteiger partial charge in [-0.15, -0.1) is 0 Å². The van der Waals surface area contributed by atoms with E-state index < -0.39 is 0 Å². The minimum atomic E-state index is -0.210. The zero-order valence-corrected chi connectivity index (χ0v) is 26.8. The quantitative estimate of drug-likeness (QED) is 0.347. The van der Waals surface area contributed by atoms with Crippen molar-refractivity contribution in [2.24, 2.45) is 0 Å². The third-order valence-electron chi connectivity index (χ3n) is 8.60. The summed E-state index contributed by atoms with van der Waals surface area (Å²) in [6.07, 6.45) is 5.45. The molecule has 1 atom stereocenters. The highest BCUT2D eigenvalue weighted by Gasteiger charge is 2.21. The molecule has 228 valence electrons. The van der Waals surface area contributed by atoms with Crippen LogP contribution in [0.25, 0.3) is 16.6 Å². The molecule has 2 N–H and O–H groups in total. The molecule has 0 spiro atoms. The van der Waals surface area contributed by atoms with Crippen molar-refractivity contribution in [2.45, 2.75) is 66.7 Å². The standard InChI is InChI=1S/C31H42N4O2.C4H9N/c1-8-22(3)30(32-24(5)37-7)27-20-35(19-25-11-9-21(2)10-12-25)29-18-28(23(4)17-26(29)31(27)36)34-15-13-33(6)14-16-34;1-2-4-5-3-1/h9-12,17-18,20,24,32H,8,13-16,19H2,1-7H3;5H,1-4H2. The van der Waals surface area contributed by atoms with Crippen molar-refractivity contribution in [2.75, 3.05) is 58.3 Å². The van der Waals surface area contributed by atoms with Gasteiger partial charge < -0.3 is 29.7 Å². The van der Waals surface area contributed by atoms with Crippen molar-refractivity contribution in [1.82, 2.24) is 20.1 Å². The molecule has 3 heterocycles. The first-order valence-electron chi connectivity index (χ1n) is 15.6. The number of aromatic nitrogens is 1. The van der Waals surface area contributed by atoms with Crippen LogP contribution in [0, 0.1) is 13.8 Å². The van der Waals surface area contributed by atoms with Gasteiger partial charge in [0.05, 0.1) is 11.1 Å². The van der Waals surface area contributed by atoms with Gasteiger partial charge in [-0.3, -0.25) is 4.79 Å². The van der Waals surface area contributed by atoms with Crippen molar-refractivity contribution in [3.05, 3.63) is 80.6 Å². The molecule has 42 heavy (non-hydrogen) atoms. The Kier molecular flexibility index (Phi) is 11.2. The van der Waals surface area contributed by atoms with Gasteiger partial charge in [-0.25, -0.2) is 0 Å². The van der Waals surface area contributed by atoms with Crippen LogP contribution in [0.1, 0.15) is 62.3 Å². The fourth-order valence-corrected chi connectivity index (χ4v) is 5.62. The van der Waals surface area contributed by atoms with Gasteiger partial charge in [-0.1, -0.05) is 36.8 Å². The highest BCUT2D eigenvalue weighted by Crippen LogP contribution is 2.29. The predicted octanol–water partition coefficient (Wildman–Crippen LogP) is 5.51. The van der Waals surface area contributed by atoms with E-state index >= 15 is 0 Å². The molecule has 0 saturated carbocycles. The summed E-state index contributed by atoms with van der Waals surface area (Å²) in [4.78, 5) is 18.9. The molecule has 2 aliphatic rings. The summed E-state index contributed by atoms with van der Waals surface area (Å²) in [6.45, 7) is 17.6. The number of ether oxygens (including phenoxy) is 1. The van der Waals surface area contributed by atoms with E-state index in [1.807, 2.05) is 13.1 Å². The molecule has 7 nitrogen and oxygen atoms in total. The largest absolute Gasteiger partial charge is 0.369 e. The van der Waals surface area contributed by atoms with E-state index in [4.69, 9.17) is 4.74 Å². The molecule has 0 bridgehead atoms. The van der Waals surface area contributed by atoms with Crippen molar-refractivity contribution >= 4 is 22.3 Å². The van der Waals surface area contributed by atoms with Crippen LogP contribution in [-0.4, -0.2) is 69.1 Å². The first kappa shape index (κ1) is 31.8. The Hall–Kier alpha value is -3.13. The molecule has 5 rings (SSSR count). The molecule has 2 aliphatic heterocycles. The summed E-state index contributed by atoms with van der Waals surface area (Å²) in [5, 5.41) is 7.43. The SMILES string of the molecule is C1CCNC1.CCC(C)=C(NC(C)OC)c1cn(Cc2ccc(C)cc2)c2cc(N3CCN(C)CC3)c(C)cc2c1=O. The fraction of sp³-hybridized carbons (Fsp3) is 0.514. The van der Waals surface area contributed by atoms with Gasteiger partial charge in [0.2, 0.25) is 0 Å². The Morgan fingerprint density at radius 2 is 1.71 bits per heavy atom. The molecule has 2 aromatic carbocycles. The van der Waals surface area contributed by atoms with Crippen LogP contribution in [0.15, 0.2) is 53.0 Å². The van der Waals surface area contributed by atoms with Crippen LogP contribution in [-0.2, 0) is 11.3 Å². The number of rotatable bonds is 8. The first-order valence-corrected chi connectivity index (χ1v) is 15.6. The van der Waals surface area contributed by atoms with E-state index in [9.17, 15) is 4.79 Å². The third kappa shape index (κ3) is 7.82. The smallest absolute Gasteiger partial charge is 0.198 e. The van der Waals surface area contributed by atoms with Gasteiger partial charge in [-0.05, 0) is 95.9 Å². The monoisotopic (exact) mass is 573 g/mol. The van der Waals surface area contributed by atoms with Crippen LogP contribution in [0.5, 0.6) is 0 Å². The van der Waals surface area contributed by atoms with Crippen LogP contribution in [0.2, 0.25) is 0 Å². The number of methoxy groups -OCH3 is 1. The maximum absolute atomic E-state index is 14.0. The summed E-state index contributed by atoms with van der Waals surface area (Å²) in [5.41, 5.74) is 8.53. The lowest BCUT2D eigenvalue weighted by Gasteiger charge is -2.35.